The molecule has 1 unspecified atom stereocenters. The number of hydrogen-bond donors (Lipinski definition) is 1. The van der Waals surface area contributed by atoms with Crippen LogP contribution < -0.4 is 5.32 Å². The third-order valence-corrected chi connectivity index (χ3v) is 4.28. The largest absolute Gasteiger partial charge is 0.310 e. The first kappa shape index (κ1) is 16.1. The fourth-order valence-electron chi connectivity index (χ4n) is 2.35. The first-order valence-electron chi connectivity index (χ1n) is 7.35. The zero-order valence-electron chi connectivity index (χ0n) is 12.6. The molecule has 112 valence electrons. The van der Waals surface area contributed by atoms with Gasteiger partial charge in [0.15, 0.2) is 0 Å². The molecule has 0 bridgehead atoms. The summed E-state index contributed by atoms with van der Waals surface area (Å²) in [5.41, 5.74) is 1.98. The maximum atomic E-state index is 13.9. The van der Waals surface area contributed by atoms with Crippen molar-refractivity contribution in [2.45, 2.75) is 30.7 Å². The summed E-state index contributed by atoms with van der Waals surface area (Å²) in [7, 11) is 0. The molecular weight excluding hydrogens is 281 g/mol. The number of nitrogens with one attached hydrogen (secondary N) is 1. The van der Waals surface area contributed by atoms with E-state index in [1.165, 1.54) is 16.5 Å². The van der Waals surface area contributed by atoms with E-state index in [1.54, 1.807) is 17.8 Å². The molecule has 2 aromatic carbocycles. The second-order valence-corrected chi connectivity index (χ2v) is 5.96. The van der Waals surface area contributed by atoms with Gasteiger partial charge in [0.2, 0.25) is 0 Å². The van der Waals surface area contributed by atoms with E-state index >= 15 is 0 Å². The Kier molecular flexibility index (Phi) is 6.27. The molecule has 2 rings (SSSR count). The van der Waals surface area contributed by atoms with Gasteiger partial charge in [-0.1, -0.05) is 37.3 Å². The normalized spacial score (nSPS) is 12.3. The van der Waals surface area contributed by atoms with Gasteiger partial charge in [0.1, 0.15) is 5.82 Å². The van der Waals surface area contributed by atoms with E-state index in [4.69, 9.17) is 0 Å². The zero-order valence-corrected chi connectivity index (χ0v) is 13.4. The zero-order chi connectivity index (χ0) is 15.1. The summed E-state index contributed by atoms with van der Waals surface area (Å²) >= 11 is 1.73. The lowest BCUT2D eigenvalue weighted by Crippen LogP contribution is -2.24. The van der Waals surface area contributed by atoms with E-state index in [-0.39, 0.29) is 11.9 Å². The molecule has 0 saturated heterocycles. The molecule has 2 aromatic rings. The Morgan fingerprint density at radius 3 is 2.43 bits per heavy atom. The van der Waals surface area contributed by atoms with Gasteiger partial charge in [-0.05, 0) is 55.0 Å². The van der Waals surface area contributed by atoms with Crippen molar-refractivity contribution in [3.63, 3.8) is 0 Å². The molecule has 21 heavy (non-hydrogen) atoms. The minimum atomic E-state index is -0.124. The SMILES string of the molecule is CCCNC(Cc1ccccc1F)c1ccc(SC)cc1. The van der Waals surface area contributed by atoms with Gasteiger partial charge in [0.05, 0.1) is 0 Å². The summed E-state index contributed by atoms with van der Waals surface area (Å²) in [6.07, 6.45) is 3.81. The van der Waals surface area contributed by atoms with Gasteiger partial charge >= 0.3 is 0 Å². The Hall–Kier alpha value is -1.32. The van der Waals surface area contributed by atoms with E-state index in [1.807, 2.05) is 12.1 Å². The molecule has 0 aromatic heterocycles. The monoisotopic (exact) mass is 303 g/mol. The standard InChI is InChI=1S/C18H22FNS/c1-3-12-20-18(13-15-6-4-5-7-17(15)19)14-8-10-16(21-2)11-9-14/h4-11,18,20H,3,12-13H2,1-2H3. The lowest BCUT2D eigenvalue weighted by atomic mass is 9.98. The minimum Gasteiger partial charge on any atom is -0.310 e. The minimum absolute atomic E-state index is 0.124. The molecule has 1 nitrogen and oxygen atoms in total. The molecule has 0 aliphatic heterocycles. The summed E-state index contributed by atoms with van der Waals surface area (Å²) in [5, 5.41) is 3.53. The highest BCUT2D eigenvalue weighted by Crippen LogP contribution is 2.23. The lowest BCUT2D eigenvalue weighted by molar-refractivity contribution is 0.513. The predicted molar refractivity (Wildman–Crippen MR) is 89.4 cm³/mol. The van der Waals surface area contributed by atoms with Crippen molar-refractivity contribution in [1.29, 1.82) is 0 Å². The van der Waals surface area contributed by atoms with E-state index in [2.05, 4.69) is 42.8 Å². The van der Waals surface area contributed by atoms with Crippen LogP contribution in [0.25, 0.3) is 0 Å². The van der Waals surface area contributed by atoms with Crippen LogP contribution in [0, 0.1) is 5.82 Å². The van der Waals surface area contributed by atoms with Crippen molar-refractivity contribution in [3.8, 4) is 0 Å². The Morgan fingerprint density at radius 1 is 1.10 bits per heavy atom. The summed E-state index contributed by atoms with van der Waals surface area (Å²) < 4.78 is 13.9. The first-order chi connectivity index (χ1) is 10.2. The van der Waals surface area contributed by atoms with Crippen molar-refractivity contribution in [1.82, 2.24) is 5.32 Å². The van der Waals surface area contributed by atoms with Crippen LogP contribution in [0.3, 0.4) is 0 Å². The third-order valence-electron chi connectivity index (χ3n) is 3.54. The molecule has 1 atom stereocenters. The first-order valence-corrected chi connectivity index (χ1v) is 8.57. The Balaban J connectivity index is 2.18. The maximum absolute atomic E-state index is 13.9. The van der Waals surface area contributed by atoms with Crippen molar-refractivity contribution in [2.75, 3.05) is 12.8 Å². The van der Waals surface area contributed by atoms with Crippen LogP contribution in [0.5, 0.6) is 0 Å². The molecule has 0 aliphatic carbocycles. The average Bonchev–Trinajstić information content (AvgIpc) is 2.53. The topological polar surface area (TPSA) is 12.0 Å². The summed E-state index contributed by atoms with van der Waals surface area (Å²) in [5.74, 6) is -0.124. The number of hydrogen-bond acceptors (Lipinski definition) is 2. The van der Waals surface area contributed by atoms with E-state index in [9.17, 15) is 4.39 Å². The Morgan fingerprint density at radius 2 is 1.81 bits per heavy atom. The highest BCUT2D eigenvalue weighted by Gasteiger charge is 2.13. The molecule has 0 aliphatic rings. The Labute approximate surface area is 131 Å². The highest BCUT2D eigenvalue weighted by molar-refractivity contribution is 7.98. The summed E-state index contributed by atoms with van der Waals surface area (Å²) in [4.78, 5) is 1.25. The maximum Gasteiger partial charge on any atom is 0.126 e. The summed E-state index contributed by atoms with van der Waals surface area (Å²) in [6.45, 7) is 3.08. The lowest BCUT2D eigenvalue weighted by Gasteiger charge is -2.20. The molecule has 0 saturated carbocycles. The van der Waals surface area contributed by atoms with Gasteiger partial charge in [-0.25, -0.2) is 4.39 Å². The van der Waals surface area contributed by atoms with Gasteiger partial charge in [-0.15, -0.1) is 11.8 Å². The molecule has 3 heteroatoms. The quantitative estimate of drug-likeness (QED) is 0.735. The molecule has 0 fully saturated rings. The molecule has 0 spiro atoms. The van der Waals surface area contributed by atoms with Crippen molar-refractivity contribution < 1.29 is 4.39 Å². The van der Waals surface area contributed by atoms with Crippen LogP contribution >= 0.6 is 11.8 Å². The van der Waals surface area contributed by atoms with E-state index in [0.29, 0.717) is 6.42 Å². The number of thioether (sulfide) groups is 1. The molecule has 0 amide bonds. The molecule has 1 N–H and O–H groups in total. The van der Waals surface area contributed by atoms with Crippen LogP contribution in [0.2, 0.25) is 0 Å². The second-order valence-electron chi connectivity index (χ2n) is 5.08. The highest BCUT2D eigenvalue weighted by atomic mass is 32.2. The van der Waals surface area contributed by atoms with Gasteiger partial charge < -0.3 is 5.32 Å². The van der Waals surface area contributed by atoms with E-state index in [0.717, 1.165) is 18.5 Å². The fraction of sp³-hybridized carbons (Fsp3) is 0.333. The van der Waals surface area contributed by atoms with Gasteiger partial charge in [-0.2, -0.15) is 0 Å². The van der Waals surface area contributed by atoms with Crippen LogP contribution in [0.4, 0.5) is 4.39 Å². The second kappa shape index (κ2) is 8.20. The van der Waals surface area contributed by atoms with Crippen molar-refractivity contribution in [3.05, 3.63) is 65.5 Å². The van der Waals surface area contributed by atoms with Gasteiger partial charge in [0, 0.05) is 10.9 Å². The van der Waals surface area contributed by atoms with Crippen molar-refractivity contribution >= 4 is 11.8 Å². The van der Waals surface area contributed by atoms with Crippen LogP contribution in [0.15, 0.2) is 53.4 Å². The van der Waals surface area contributed by atoms with Gasteiger partial charge in [-0.3, -0.25) is 0 Å². The molecular formula is C18H22FNS. The number of benzene rings is 2. The molecule has 0 heterocycles. The molecule has 0 radical (unpaired) electrons. The smallest absolute Gasteiger partial charge is 0.126 e. The number of rotatable bonds is 7. The number of halogens is 1. The van der Waals surface area contributed by atoms with Crippen molar-refractivity contribution in [2.24, 2.45) is 0 Å². The fourth-order valence-corrected chi connectivity index (χ4v) is 2.75. The predicted octanol–water partition coefficient (Wildman–Crippen LogP) is 4.83. The summed E-state index contributed by atoms with van der Waals surface area (Å²) in [6, 6.07) is 15.7. The van der Waals surface area contributed by atoms with Crippen LogP contribution in [-0.2, 0) is 6.42 Å². The average molecular weight is 303 g/mol. The Bertz CT molecular complexity index is 553. The third kappa shape index (κ3) is 4.58. The van der Waals surface area contributed by atoms with Crippen LogP contribution in [-0.4, -0.2) is 12.8 Å². The van der Waals surface area contributed by atoms with Crippen LogP contribution in [0.1, 0.15) is 30.5 Å². The van der Waals surface area contributed by atoms with E-state index < -0.39 is 0 Å². The van der Waals surface area contributed by atoms with Gasteiger partial charge in [0.25, 0.3) is 0 Å².